The van der Waals surface area contributed by atoms with E-state index in [9.17, 15) is 9.59 Å². The van der Waals surface area contributed by atoms with Crippen molar-refractivity contribution in [3.05, 3.63) is 29.3 Å². The number of amides is 2. The molecule has 0 unspecified atom stereocenters. The van der Waals surface area contributed by atoms with Gasteiger partial charge in [-0.15, -0.1) is 11.8 Å². The first-order valence-corrected chi connectivity index (χ1v) is 8.36. The van der Waals surface area contributed by atoms with Crippen LogP contribution in [0.2, 0.25) is 0 Å². The number of benzene rings is 1. The molecule has 0 bridgehead atoms. The first-order chi connectivity index (χ1) is 9.97. The van der Waals surface area contributed by atoms with Crippen LogP contribution in [-0.2, 0) is 9.59 Å². The van der Waals surface area contributed by atoms with Gasteiger partial charge in [-0.1, -0.05) is 12.1 Å². The minimum atomic E-state index is -0.0685. The highest BCUT2D eigenvalue weighted by atomic mass is 32.2. The summed E-state index contributed by atoms with van der Waals surface area (Å²) < 4.78 is 0. The minimum Gasteiger partial charge on any atom is -0.343 e. The Labute approximate surface area is 131 Å². The third-order valence-corrected chi connectivity index (χ3v) is 4.16. The summed E-state index contributed by atoms with van der Waals surface area (Å²) in [6.07, 6.45) is 0. The molecule has 0 aliphatic carbocycles. The average Bonchev–Trinajstić information content (AvgIpc) is 2.44. The molecule has 1 aromatic rings. The van der Waals surface area contributed by atoms with Gasteiger partial charge in [0.05, 0.1) is 11.5 Å². The molecule has 0 saturated carbocycles. The predicted octanol–water partition coefficient (Wildman–Crippen LogP) is 2.84. The van der Waals surface area contributed by atoms with Crippen LogP contribution in [0.4, 0.5) is 5.69 Å². The number of carbonyl (C=O) groups excluding carboxylic acids is 2. The van der Waals surface area contributed by atoms with Crippen LogP contribution in [0.1, 0.15) is 25.0 Å². The summed E-state index contributed by atoms with van der Waals surface area (Å²) in [5.74, 6) is 0.660. The van der Waals surface area contributed by atoms with Crippen molar-refractivity contribution in [2.75, 3.05) is 29.9 Å². The second-order valence-electron chi connectivity index (χ2n) is 4.93. The lowest BCUT2D eigenvalue weighted by atomic mass is 10.1. The number of nitrogens with one attached hydrogen (secondary N) is 1. The lowest BCUT2D eigenvalue weighted by molar-refractivity contribution is -0.127. The Bertz CT molecular complexity index is 499. The van der Waals surface area contributed by atoms with Gasteiger partial charge in [0.25, 0.3) is 0 Å². The maximum absolute atomic E-state index is 11.9. The zero-order chi connectivity index (χ0) is 15.8. The summed E-state index contributed by atoms with van der Waals surface area (Å²) in [5.41, 5.74) is 2.99. The lowest BCUT2D eigenvalue weighted by Gasteiger charge is -2.18. The van der Waals surface area contributed by atoms with Gasteiger partial charge in [-0.2, -0.15) is 0 Å². The summed E-state index contributed by atoms with van der Waals surface area (Å²) in [6, 6.07) is 5.96. The van der Waals surface area contributed by atoms with Gasteiger partial charge in [-0.3, -0.25) is 9.59 Å². The number of aryl methyl sites for hydroxylation is 2. The van der Waals surface area contributed by atoms with Crippen molar-refractivity contribution in [2.24, 2.45) is 0 Å². The van der Waals surface area contributed by atoms with Crippen LogP contribution in [0.25, 0.3) is 0 Å². The zero-order valence-corrected chi connectivity index (χ0v) is 14.0. The van der Waals surface area contributed by atoms with Gasteiger partial charge in [-0.05, 0) is 44.9 Å². The Hall–Kier alpha value is -1.49. The fraction of sp³-hybridized carbons (Fsp3) is 0.500. The molecule has 21 heavy (non-hydrogen) atoms. The summed E-state index contributed by atoms with van der Waals surface area (Å²) >= 11 is 1.35. The highest BCUT2D eigenvalue weighted by Crippen LogP contribution is 2.16. The molecule has 0 saturated heterocycles. The van der Waals surface area contributed by atoms with Crippen LogP contribution < -0.4 is 5.32 Å². The molecule has 0 aliphatic rings. The molecule has 0 aliphatic heterocycles. The van der Waals surface area contributed by atoms with Crippen LogP contribution in [-0.4, -0.2) is 41.3 Å². The van der Waals surface area contributed by atoms with E-state index >= 15 is 0 Å². The van der Waals surface area contributed by atoms with E-state index in [1.54, 1.807) is 4.90 Å². The number of nitrogens with zero attached hydrogens (tertiary/aromatic N) is 1. The Morgan fingerprint density at radius 2 is 1.81 bits per heavy atom. The number of anilines is 1. The van der Waals surface area contributed by atoms with Crippen molar-refractivity contribution >= 4 is 29.3 Å². The van der Waals surface area contributed by atoms with Crippen molar-refractivity contribution in [3.8, 4) is 0 Å². The lowest BCUT2D eigenvalue weighted by Crippen LogP contribution is -2.32. The van der Waals surface area contributed by atoms with Crippen LogP contribution in [0.3, 0.4) is 0 Å². The number of carbonyl (C=O) groups is 2. The number of hydrogen-bond acceptors (Lipinski definition) is 3. The van der Waals surface area contributed by atoms with E-state index in [1.807, 2.05) is 45.9 Å². The fourth-order valence-electron chi connectivity index (χ4n) is 1.96. The Balaban J connectivity index is 2.41. The molecule has 5 heteroatoms. The maximum Gasteiger partial charge on any atom is 0.234 e. The van der Waals surface area contributed by atoms with Gasteiger partial charge in [0, 0.05) is 18.8 Å². The molecule has 0 aromatic heterocycles. The van der Waals surface area contributed by atoms with E-state index in [-0.39, 0.29) is 11.8 Å². The first-order valence-electron chi connectivity index (χ1n) is 7.20. The molecule has 0 heterocycles. The highest BCUT2D eigenvalue weighted by molar-refractivity contribution is 8.00. The number of hydrogen-bond donors (Lipinski definition) is 1. The smallest absolute Gasteiger partial charge is 0.234 e. The van der Waals surface area contributed by atoms with Crippen molar-refractivity contribution in [1.82, 2.24) is 4.90 Å². The normalized spacial score (nSPS) is 10.3. The minimum absolute atomic E-state index is 0.0685. The van der Waals surface area contributed by atoms with E-state index < -0.39 is 0 Å². The summed E-state index contributed by atoms with van der Waals surface area (Å²) in [5, 5.41) is 2.90. The molecular formula is C16H24N2O2S. The second kappa shape index (κ2) is 8.72. The molecular weight excluding hydrogens is 284 g/mol. The summed E-state index contributed by atoms with van der Waals surface area (Å²) in [4.78, 5) is 25.5. The predicted molar refractivity (Wildman–Crippen MR) is 89.8 cm³/mol. The molecule has 0 spiro atoms. The van der Waals surface area contributed by atoms with Gasteiger partial charge >= 0.3 is 0 Å². The summed E-state index contributed by atoms with van der Waals surface area (Å²) in [7, 11) is 0. The molecule has 4 nitrogen and oxygen atoms in total. The summed E-state index contributed by atoms with van der Waals surface area (Å²) in [6.45, 7) is 9.30. The highest BCUT2D eigenvalue weighted by Gasteiger charge is 2.11. The van der Waals surface area contributed by atoms with E-state index in [4.69, 9.17) is 0 Å². The Kier molecular flexibility index (Phi) is 7.29. The van der Waals surface area contributed by atoms with Gasteiger partial charge < -0.3 is 10.2 Å². The quantitative estimate of drug-likeness (QED) is 0.842. The van der Waals surface area contributed by atoms with Gasteiger partial charge in [0.1, 0.15) is 0 Å². The van der Waals surface area contributed by atoms with Crippen molar-refractivity contribution in [1.29, 1.82) is 0 Å². The van der Waals surface area contributed by atoms with Crippen LogP contribution in [0.5, 0.6) is 0 Å². The molecule has 0 radical (unpaired) electrons. The van der Waals surface area contributed by atoms with E-state index in [0.29, 0.717) is 24.6 Å². The Morgan fingerprint density at radius 1 is 1.14 bits per heavy atom. The maximum atomic E-state index is 11.9. The van der Waals surface area contributed by atoms with Crippen LogP contribution in [0.15, 0.2) is 18.2 Å². The molecule has 1 N–H and O–H groups in total. The third-order valence-electron chi connectivity index (χ3n) is 3.24. The molecule has 0 fully saturated rings. The Morgan fingerprint density at radius 3 is 2.43 bits per heavy atom. The van der Waals surface area contributed by atoms with Crippen molar-refractivity contribution in [3.63, 3.8) is 0 Å². The SMILES string of the molecule is CCN(CC)C(=O)CSCC(=O)Nc1cc(C)ccc1C. The molecule has 116 valence electrons. The number of rotatable bonds is 7. The largest absolute Gasteiger partial charge is 0.343 e. The van der Waals surface area contributed by atoms with Gasteiger partial charge in [0.2, 0.25) is 11.8 Å². The van der Waals surface area contributed by atoms with Crippen LogP contribution in [0, 0.1) is 13.8 Å². The molecule has 1 aromatic carbocycles. The average molecular weight is 308 g/mol. The molecule has 1 rings (SSSR count). The fourth-order valence-corrected chi connectivity index (χ4v) is 2.67. The van der Waals surface area contributed by atoms with Crippen LogP contribution >= 0.6 is 11.8 Å². The van der Waals surface area contributed by atoms with Crippen molar-refractivity contribution in [2.45, 2.75) is 27.7 Å². The molecule has 0 atom stereocenters. The zero-order valence-electron chi connectivity index (χ0n) is 13.2. The molecule has 2 amide bonds. The first kappa shape index (κ1) is 17.6. The number of thioether (sulfide) groups is 1. The standard InChI is InChI=1S/C16H24N2O2S/c1-5-18(6-2)16(20)11-21-10-15(19)17-14-9-12(3)7-8-13(14)4/h7-9H,5-6,10-11H2,1-4H3,(H,17,19). The van der Waals surface area contributed by atoms with E-state index in [0.717, 1.165) is 16.8 Å². The van der Waals surface area contributed by atoms with E-state index in [1.165, 1.54) is 11.8 Å². The monoisotopic (exact) mass is 308 g/mol. The topological polar surface area (TPSA) is 49.4 Å². The van der Waals surface area contributed by atoms with E-state index in [2.05, 4.69) is 5.32 Å². The second-order valence-corrected chi connectivity index (χ2v) is 5.91. The van der Waals surface area contributed by atoms with Gasteiger partial charge in [0.15, 0.2) is 0 Å². The third kappa shape index (κ3) is 5.79. The van der Waals surface area contributed by atoms with Gasteiger partial charge in [-0.25, -0.2) is 0 Å². The van der Waals surface area contributed by atoms with Crippen molar-refractivity contribution < 1.29 is 9.59 Å².